The molecule has 6 amide bonds. The molecule has 4 atom stereocenters. The summed E-state index contributed by atoms with van der Waals surface area (Å²) in [5.74, 6) is -11.7. The minimum Gasteiger partial charge on any atom is -0.481 e. The lowest BCUT2D eigenvalue weighted by Crippen LogP contribution is -2.57. The van der Waals surface area contributed by atoms with Crippen LogP contribution < -0.4 is 31.9 Å². The molecule has 1 saturated carbocycles. The van der Waals surface area contributed by atoms with Crippen LogP contribution in [0.1, 0.15) is 96.3 Å². The molecule has 0 aromatic rings. The molecule has 23 nitrogen and oxygen atoms in total. The maximum absolute atomic E-state index is 13.4. The first-order valence-electron chi connectivity index (χ1n) is 19.2. The van der Waals surface area contributed by atoms with Crippen molar-refractivity contribution >= 4 is 65.3 Å². The zero-order valence-corrected chi connectivity index (χ0v) is 32.8. The van der Waals surface area contributed by atoms with E-state index in [4.69, 9.17) is 14.9 Å². The van der Waals surface area contributed by atoms with Gasteiger partial charge in [0.2, 0.25) is 35.4 Å². The van der Waals surface area contributed by atoms with E-state index in [1.165, 1.54) is 7.11 Å². The number of carboxylic acids is 5. The first-order valence-corrected chi connectivity index (χ1v) is 19.2. The van der Waals surface area contributed by atoms with Crippen LogP contribution in [0.15, 0.2) is 0 Å². The quantitative estimate of drug-likeness (QED) is 0.0360. The summed E-state index contributed by atoms with van der Waals surface area (Å²) in [7, 11) is 1.37. The highest BCUT2D eigenvalue weighted by Crippen LogP contribution is 2.29. The Morgan fingerprint density at radius 3 is 1.47 bits per heavy atom. The topological polar surface area (TPSA) is 370 Å². The fourth-order valence-electron chi connectivity index (χ4n) is 6.02. The molecule has 0 saturated heterocycles. The third-order valence-corrected chi connectivity index (χ3v) is 9.34. The van der Waals surface area contributed by atoms with E-state index in [0.29, 0.717) is 32.2 Å². The van der Waals surface area contributed by atoms with Crippen LogP contribution in [0.3, 0.4) is 0 Å². The highest BCUT2D eigenvalue weighted by atomic mass is 16.5. The number of aliphatic carboxylic acids is 5. The van der Waals surface area contributed by atoms with Crippen molar-refractivity contribution in [2.75, 3.05) is 26.8 Å². The number of hydrogen-bond acceptors (Lipinski definition) is 12. The summed E-state index contributed by atoms with van der Waals surface area (Å²) in [5, 5.41) is 60.5. The number of carbonyl (C=O) groups excluding carboxylic acids is 6. The maximum Gasteiger partial charge on any atom is 0.326 e. The largest absolute Gasteiger partial charge is 0.481 e. The van der Waals surface area contributed by atoms with Gasteiger partial charge in [-0.2, -0.15) is 0 Å². The number of amides is 6. The lowest BCUT2D eigenvalue weighted by atomic mass is 9.81. The van der Waals surface area contributed by atoms with E-state index in [2.05, 4.69) is 31.9 Å². The van der Waals surface area contributed by atoms with Gasteiger partial charge in [-0.15, -0.1) is 0 Å². The summed E-state index contributed by atoms with van der Waals surface area (Å²) in [6.07, 6.45) is -2.21. The predicted molar refractivity (Wildman–Crippen MR) is 200 cm³/mol. The van der Waals surface area contributed by atoms with Crippen molar-refractivity contribution in [3.63, 3.8) is 0 Å². The van der Waals surface area contributed by atoms with E-state index >= 15 is 0 Å². The van der Waals surface area contributed by atoms with Gasteiger partial charge < -0.3 is 62.2 Å². The monoisotopic (exact) mass is 844 g/mol. The van der Waals surface area contributed by atoms with Gasteiger partial charge in [0.1, 0.15) is 24.2 Å². The van der Waals surface area contributed by atoms with Gasteiger partial charge in [0.05, 0.1) is 6.61 Å². The van der Waals surface area contributed by atoms with E-state index < -0.39 is 134 Å². The van der Waals surface area contributed by atoms with Gasteiger partial charge in [-0.05, 0) is 63.7 Å². The molecule has 23 heteroatoms. The summed E-state index contributed by atoms with van der Waals surface area (Å²) >= 11 is 0. The van der Waals surface area contributed by atoms with Gasteiger partial charge in [-0.1, -0.05) is 0 Å². The maximum atomic E-state index is 13.4. The van der Waals surface area contributed by atoms with Gasteiger partial charge in [0.15, 0.2) is 0 Å². The highest BCUT2D eigenvalue weighted by Gasteiger charge is 2.32. The first kappa shape index (κ1) is 51.1. The van der Waals surface area contributed by atoms with Gasteiger partial charge in [-0.25, -0.2) is 4.79 Å². The molecule has 0 heterocycles. The van der Waals surface area contributed by atoms with Crippen LogP contribution in [0, 0.1) is 11.8 Å². The van der Waals surface area contributed by atoms with Crippen molar-refractivity contribution in [2.24, 2.45) is 11.8 Å². The van der Waals surface area contributed by atoms with E-state index in [1.54, 1.807) is 0 Å². The molecule has 332 valence electrons. The van der Waals surface area contributed by atoms with Crippen LogP contribution >= 0.6 is 0 Å². The molecule has 1 rings (SSSR count). The zero-order valence-electron chi connectivity index (χ0n) is 32.8. The second-order valence-electron chi connectivity index (χ2n) is 14.0. The molecule has 0 aromatic heterocycles. The lowest BCUT2D eigenvalue weighted by Gasteiger charge is -2.29. The molecule has 1 aliphatic rings. The SMILES string of the molecule is COCCNC(=O)[C@H](CCC(=O)O)NC(=O)[C@H](CCC(=O)O)NC(=O)[C@H](CCC(=O)O)NC(=O)CC[C@H](NC(=O)C1CCC(CNC(=O)CCCC(=O)O)CC1)C(=O)O. The molecule has 0 aliphatic heterocycles. The smallest absolute Gasteiger partial charge is 0.326 e. The second kappa shape index (κ2) is 27.7. The number of carboxylic acid groups (broad SMARTS) is 5. The fraction of sp³-hybridized carbons (Fsp3) is 0.694. The number of ether oxygens (including phenoxy) is 1. The molecule has 0 radical (unpaired) electrons. The molecule has 1 fully saturated rings. The Labute approximate surface area is 339 Å². The third-order valence-electron chi connectivity index (χ3n) is 9.34. The standard InChI is InChI=1S/C36H56N6O17/c1-59-18-17-37-33(54)22(10-14-29(47)48)40-35(56)24(12-16-31(51)52)41-34(55)23(11-15-30(49)50)39-27(44)13-9-25(36(57)58)42-32(53)21-7-5-20(6-8-21)19-38-26(43)3-2-4-28(45)46/h20-25H,2-19H2,1H3,(H,37,54)(H,38,43)(H,39,44)(H,40,56)(H,41,55)(H,42,53)(H,45,46)(H,47,48)(H,49,50)(H,51,52)(H,57,58)/t20?,21?,22-,23-,24-,25-/m0/s1. The highest BCUT2D eigenvalue weighted by molar-refractivity contribution is 5.95. The van der Waals surface area contributed by atoms with Crippen molar-refractivity contribution in [1.29, 1.82) is 0 Å². The zero-order chi connectivity index (χ0) is 44.5. The van der Waals surface area contributed by atoms with Crippen molar-refractivity contribution in [2.45, 2.75) is 120 Å². The Hall–Kier alpha value is -5.87. The van der Waals surface area contributed by atoms with Crippen molar-refractivity contribution in [3.05, 3.63) is 0 Å². The first-order chi connectivity index (χ1) is 27.8. The summed E-state index contributed by atoms with van der Waals surface area (Å²) in [4.78, 5) is 134. The van der Waals surface area contributed by atoms with E-state index in [-0.39, 0.29) is 50.7 Å². The summed E-state index contributed by atoms with van der Waals surface area (Å²) in [6.45, 7) is 0.438. The van der Waals surface area contributed by atoms with Gasteiger partial charge >= 0.3 is 29.8 Å². The molecule has 0 aromatic carbocycles. The van der Waals surface area contributed by atoms with Crippen molar-refractivity contribution < 1.29 is 83.0 Å². The molecule has 59 heavy (non-hydrogen) atoms. The molecule has 0 unspecified atom stereocenters. The van der Waals surface area contributed by atoms with Crippen LogP contribution in [-0.4, -0.2) is 142 Å². The Morgan fingerprint density at radius 1 is 0.525 bits per heavy atom. The van der Waals surface area contributed by atoms with E-state index in [0.717, 1.165) is 0 Å². The normalized spacial score (nSPS) is 16.8. The Bertz CT molecular complexity index is 1500. The number of methoxy groups -OCH3 is 1. The molecular weight excluding hydrogens is 788 g/mol. The van der Waals surface area contributed by atoms with Gasteiger partial charge in [0, 0.05) is 64.6 Å². The molecular formula is C36H56N6O17. The lowest BCUT2D eigenvalue weighted by molar-refractivity contribution is -0.143. The van der Waals surface area contributed by atoms with Gasteiger partial charge in [-0.3, -0.25) is 47.9 Å². The number of hydrogen-bond donors (Lipinski definition) is 11. The third kappa shape index (κ3) is 22.6. The fourth-order valence-corrected chi connectivity index (χ4v) is 6.02. The van der Waals surface area contributed by atoms with Crippen molar-refractivity contribution in [1.82, 2.24) is 31.9 Å². The number of carbonyl (C=O) groups is 11. The van der Waals surface area contributed by atoms with Crippen LogP contribution in [0.5, 0.6) is 0 Å². The second-order valence-corrected chi connectivity index (χ2v) is 14.0. The molecule has 0 bridgehead atoms. The summed E-state index contributed by atoms with van der Waals surface area (Å²) in [5.41, 5.74) is 0. The predicted octanol–water partition coefficient (Wildman–Crippen LogP) is -1.68. The molecule has 1 aliphatic carbocycles. The van der Waals surface area contributed by atoms with Crippen LogP contribution in [0.25, 0.3) is 0 Å². The summed E-state index contributed by atoms with van der Waals surface area (Å²) < 4.78 is 4.85. The molecule has 11 N–H and O–H groups in total. The van der Waals surface area contributed by atoms with Gasteiger partial charge in [0.25, 0.3) is 0 Å². The minimum atomic E-state index is -1.65. The average molecular weight is 845 g/mol. The van der Waals surface area contributed by atoms with Crippen molar-refractivity contribution in [3.8, 4) is 0 Å². The van der Waals surface area contributed by atoms with E-state index in [1.807, 2.05) is 0 Å². The number of nitrogens with one attached hydrogen (secondary N) is 6. The van der Waals surface area contributed by atoms with Crippen LogP contribution in [-0.2, 0) is 57.5 Å². The summed E-state index contributed by atoms with van der Waals surface area (Å²) in [6, 6.07) is -6.23. The molecule has 0 spiro atoms. The minimum absolute atomic E-state index is 0.00409. The Balaban J connectivity index is 2.91. The van der Waals surface area contributed by atoms with Crippen LogP contribution in [0.4, 0.5) is 0 Å². The number of rotatable bonds is 30. The Kier molecular flexibility index (Phi) is 24.0. The van der Waals surface area contributed by atoms with E-state index in [9.17, 15) is 68.1 Å². The Morgan fingerprint density at radius 2 is 1.00 bits per heavy atom. The van der Waals surface area contributed by atoms with Crippen LogP contribution in [0.2, 0.25) is 0 Å². The average Bonchev–Trinajstić information content (AvgIpc) is 3.16.